The number of amides is 1. The van der Waals surface area contributed by atoms with Gasteiger partial charge >= 0.3 is 0 Å². The first kappa shape index (κ1) is 17.2. The molecule has 1 N–H and O–H groups in total. The molecule has 2 aromatic carbocycles. The van der Waals surface area contributed by atoms with Gasteiger partial charge in [-0.25, -0.2) is 8.78 Å². The van der Waals surface area contributed by atoms with Gasteiger partial charge in [0.1, 0.15) is 12.2 Å². The number of carbonyl (C=O) groups excluding carboxylic acids is 1. The van der Waals surface area contributed by atoms with Gasteiger partial charge in [-0.15, -0.1) is 0 Å². The fraction of sp³-hybridized carbons (Fsp3) is 0.316. The lowest BCUT2D eigenvalue weighted by Crippen LogP contribution is -2.29. The highest BCUT2D eigenvalue weighted by atomic mass is 19.2. The second kappa shape index (κ2) is 6.70. The maximum Gasteiger partial charge on any atom is 0.254 e. The zero-order valence-electron chi connectivity index (χ0n) is 14.1. The van der Waals surface area contributed by atoms with E-state index in [-0.39, 0.29) is 24.3 Å². The summed E-state index contributed by atoms with van der Waals surface area (Å²) < 4.78 is 38.3. The molecule has 1 aliphatic heterocycles. The number of ether oxygens (including phenoxy) is 2. The fourth-order valence-electron chi connectivity index (χ4n) is 2.80. The molecule has 3 rings (SSSR count). The van der Waals surface area contributed by atoms with Gasteiger partial charge < -0.3 is 14.8 Å². The summed E-state index contributed by atoms with van der Waals surface area (Å²) in [5.41, 5.74) is 0.476. The molecule has 0 aliphatic carbocycles. The summed E-state index contributed by atoms with van der Waals surface area (Å²) in [6.07, 6.45) is 0.801. The first-order chi connectivity index (χ1) is 11.9. The summed E-state index contributed by atoms with van der Waals surface area (Å²) in [6, 6.07) is 9.16. The van der Waals surface area contributed by atoms with Gasteiger partial charge in [0.25, 0.3) is 5.91 Å². The first-order valence-electron chi connectivity index (χ1n) is 8.03. The average Bonchev–Trinajstić information content (AvgIpc) is 2.88. The maximum absolute atomic E-state index is 13.6. The second-order valence-corrected chi connectivity index (χ2v) is 6.49. The quantitative estimate of drug-likeness (QED) is 0.843. The molecule has 2 aromatic rings. The Labute approximate surface area is 144 Å². The Morgan fingerprint density at radius 1 is 1.24 bits per heavy atom. The van der Waals surface area contributed by atoms with Crippen LogP contribution in [0.1, 0.15) is 29.8 Å². The van der Waals surface area contributed by atoms with Gasteiger partial charge in [0.15, 0.2) is 23.1 Å². The van der Waals surface area contributed by atoms with Crippen LogP contribution in [-0.4, -0.2) is 24.7 Å². The van der Waals surface area contributed by atoms with E-state index in [9.17, 15) is 13.6 Å². The van der Waals surface area contributed by atoms with E-state index in [4.69, 9.17) is 9.47 Å². The van der Waals surface area contributed by atoms with Crippen LogP contribution in [0.4, 0.5) is 8.78 Å². The molecule has 0 spiro atoms. The van der Waals surface area contributed by atoms with Crippen LogP contribution in [0.25, 0.3) is 0 Å². The molecule has 0 saturated carbocycles. The Morgan fingerprint density at radius 2 is 2.00 bits per heavy atom. The number of rotatable bonds is 5. The standard InChI is InChI=1S/C19H19F2NO3/c1-19(2)11-12-5-3-8-15(17(12)25-19)24-10-9-22-18(23)13-6-4-7-14(20)16(13)21/h3-8H,9-11H2,1-2H3,(H,22,23). The van der Waals surface area contributed by atoms with E-state index in [2.05, 4.69) is 5.32 Å². The van der Waals surface area contributed by atoms with Gasteiger partial charge in [-0.05, 0) is 32.0 Å². The number of carbonyl (C=O) groups is 1. The van der Waals surface area contributed by atoms with Crippen molar-refractivity contribution in [2.75, 3.05) is 13.2 Å². The molecular weight excluding hydrogens is 328 g/mol. The predicted molar refractivity (Wildman–Crippen MR) is 89.0 cm³/mol. The number of fused-ring (bicyclic) bond motifs is 1. The molecular formula is C19H19F2NO3. The lowest BCUT2D eigenvalue weighted by Gasteiger charge is -2.18. The third-order valence-corrected chi connectivity index (χ3v) is 3.90. The lowest BCUT2D eigenvalue weighted by atomic mass is 10.0. The van der Waals surface area contributed by atoms with E-state index >= 15 is 0 Å². The van der Waals surface area contributed by atoms with Crippen molar-refractivity contribution >= 4 is 5.91 Å². The zero-order valence-corrected chi connectivity index (χ0v) is 14.1. The van der Waals surface area contributed by atoms with Crippen LogP contribution in [0.15, 0.2) is 36.4 Å². The van der Waals surface area contributed by atoms with E-state index in [1.807, 2.05) is 26.0 Å². The van der Waals surface area contributed by atoms with Crippen molar-refractivity contribution in [2.24, 2.45) is 0 Å². The lowest BCUT2D eigenvalue weighted by molar-refractivity contribution is 0.0941. The molecule has 0 saturated heterocycles. The van der Waals surface area contributed by atoms with E-state index in [1.54, 1.807) is 6.07 Å². The molecule has 0 unspecified atom stereocenters. The molecule has 25 heavy (non-hydrogen) atoms. The van der Waals surface area contributed by atoms with E-state index in [1.165, 1.54) is 12.1 Å². The van der Waals surface area contributed by atoms with Crippen molar-refractivity contribution < 1.29 is 23.0 Å². The minimum absolute atomic E-state index is 0.155. The topological polar surface area (TPSA) is 47.6 Å². The molecule has 0 fully saturated rings. The van der Waals surface area contributed by atoms with Crippen molar-refractivity contribution in [1.29, 1.82) is 0 Å². The summed E-state index contributed by atoms with van der Waals surface area (Å²) in [4.78, 5) is 11.9. The molecule has 1 amide bonds. The summed E-state index contributed by atoms with van der Waals surface area (Å²) in [7, 11) is 0. The third kappa shape index (κ3) is 3.73. The Hall–Kier alpha value is -2.63. The minimum atomic E-state index is -1.16. The molecule has 6 heteroatoms. The van der Waals surface area contributed by atoms with Gasteiger partial charge in [-0.2, -0.15) is 0 Å². The van der Waals surface area contributed by atoms with Gasteiger partial charge in [0.2, 0.25) is 0 Å². The van der Waals surface area contributed by atoms with Crippen LogP contribution in [0.5, 0.6) is 11.5 Å². The van der Waals surface area contributed by atoms with Crippen molar-refractivity contribution in [2.45, 2.75) is 25.9 Å². The number of benzene rings is 2. The van der Waals surface area contributed by atoms with Gasteiger partial charge in [0, 0.05) is 12.0 Å². The van der Waals surface area contributed by atoms with Crippen molar-refractivity contribution in [1.82, 2.24) is 5.32 Å². The Balaban J connectivity index is 1.56. The number of para-hydroxylation sites is 1. The average molecular weight is 347 g/mol. The first-order valence-corrected chi connectivity index (χ1v) is 8.03. The summed E-state index contributed by atoms with van der Waals surface area (Å²) in [6.45, 7) is 4.35. The monoisotopic (exact) mass is 347 g/mol. The van der Waals surface area contributed by atoms with E-state index < -0.39 is 17.5 Å². The minimum Gasteiger partial charge on any atom is -0.488 e. The summed E-state index contributed by atoms with van der Waals surface area (Å²) >= 11 is 0. The molecule has 0 atom stereocenters. The predicted octanol–water partition coefficient (Wildman–Crippen LogP) is 3.49. The number of halogens is 2. The van der Waals surface area contributed by atoms with Crippen LogP contribution >= 0.6 is 0 Å². The molecule has 1 heterocycles. The number of hydrogen-bond acceptors (Lipinski definition) is 3. The van der Waals surface area contributed by atoms with Crippen molar-refractivity contribution in [3.05, 3.63) is 59.2 Å². The van der Waals surface area contributed by atoms with Crippen LogP contribution in [0.3, 0.4) is 0 Å². The van der Waals surface area contributed by atoms with Gasteiger partial charge in [0.05, 0.1) is 12.1 Å². The van der Waals surface area contributed by atoms with E-state index in [0.29, 0.717) is 5.75 Å². The highest BCUT2D eigenvalue weighted by molar-refractivity contribution is 5.94. The SMILES string of the molecule is CC1(C)Cc2cccc(OCCNC(=O)c3cccc(F)c3F)c2O1. The van der Waals surface area contributed by atoms with Crippen LogP contribution < -0.4 is 14.8 Å². The smallest absolute Gasteiger partial charge is 0.254 e. The highest BCUT2D eigenvalue weighted by Crippen LogP contribution is 2.41. The zero-order chi connectivity index (χ0) is 18.0. The van der Waals surface area contributed by atoms with Crippen LogP contribution in [0.2, 0.25) is 0 Å². The normalized spacial score (nSPS) is 14.6. The molecule has 132 valence electrons. The summed E-state index contributed by atoms with van der Waals surface area (Å²) in [5.74, 6) is -1.57. The molecule has 4 nitrogen and oxygen atoms in total. The second-order valence-electron chi connectivity index (χ2n) is 6.49. The third-order valence-electron chi connectivity index (χ3n) is 3.90. The Bertz CT molecular complexity index is 805. The number of hydrogen-bond donors (Lipinski definition) is 1. The summed E-state index contributed by atoms with van der Waals surface area (Å²) in [5, 5.41) is 2.51. The highest BCUT2D eigenvalue weighted by Gasteiger charge is 2.32. The van der Waals surface area contributed by atoms with Gasteiger partial charge in [-0.1, -0.05) is 18.2 Å². The molecule has 1 aliphatic rings. The number of nitrogens with one attached hydrogen (secondary N) is 1. The van der Waals surface area contributed by atoms with Gasteiger partial charge in [-0.3, -0.25) is 4.79 Å². The van der Waals surface area contributed by atoms with Crippen molar-refractivity contribution in [3.63, 3.8) is 0 Å². The van der Waals surface area contributed by atoms with Crippen LogP contribution in [0, 0.1) is 11.6 Å². The molecule has 0 radical (unpaired) electrons. The van der Waals surface area contributed by atoms with E-state index in [0.717, 1.165) is 23.8 Å². The molecule has 0 bridgehead atoms. The maximum atomic E-state index is 13.6. The van der Waals surface area contributed by atoms with Crippen molar-refractivity contribution in [3.8, 4) is 11.5 Å². The fourth-order valence-corrected chi connectivity index (χ4v) is 2.80. The molecule has 0 aromatic heterocycles. The Morgan fingerprint density at radius 3 is 2.80 bits per heavy atom. The Kier molecular flexibility index (Phi) is 4.61. The van der Waals surface area contributed by atoms with Crippen LogP contribution in [-0.2, 0) is 6.42 Å². The largest absolute Gasteiger partial charge is 0.488 e.